The minimum Gasteiger partial charge on any atom is -0.388 e. The molecule has 2 aliphatic rings. The number of aliphatic imine (C=N–C) groups is 1. The van der Waals surface area contributed by atoms with Crippen molar-refractivity contribution >= 4 is 23.3 Å². The molecule has 1 saturated carbocycles. The Morgan fingerprint density at radius 2 is 2.13 bits per heavy atom. The number of carbonyl (C=O) groups excluding carboxylic acids is 2. The van der Waals surface area contributed by atoms with Crippen molar-refractivity contribution in [2.24, 2.45) is 16.6 Å². The molecular weight excluding hydrogens is 382 g/mol. The van der Waals surface area contributed by atoms with Gasteiger partial charge >= 0.3 is 0 Å². The van der Waals surface area contributed by atoms with E-state index in [2.05, 4.69) is 15.6 Å². The van der Waals surface area contributed by atoms with E-state index in [4.69, 9.17) is 10.5 Å². The third kappa shape index (κ3) is 6.06. The van der Waals surface area contributed by atoms with Gasteiger partial charge in [0.15, 0.2) is 0 Å². The number of hydrogen-bond donors (Lipinski definition) is 3. The number of amides is 2. The standard InChI is InChI=1S/C22H31N5O3/c1-15(28)27-10-8-20(25-13-16-6-7-16)19(14-27)21(23)26-18-5-3-4-17(12-18)22(29)24-9-11-30-2/h3-5,12,16,25H,6-11,13-14H2,1-2H3,(H2,23,26)(H,24,29). The van der Waals surface area contributed by atoms with Crippen LogP contribution < -0.4 is 16.4 Å². The second-order valence-electron chi connectivity index (χ2n) is 7.77. The summed E-state index contributed by atoms with van der Waals surface area (Å²) >= 11 is 0. The van der Waals surface area contributed by atoms with Crippen LogP contribution in [0.4, 0.5) is 5.69 Å². The lowest BCUT2D eigenvalue weighted by Gasteiger charge is -2.30. The summed E-state index contributed by atoms with van der Waals surface area (Å²) in [4.78, 5) is 30.5. The van der Waals surface area contributed by atoms with Gasteiger partial charge in [0.25, 0.3) is 5.91 Å². The van der Waals surface area contributed by atoms with E-state index < -0.39 is 0 Å². The zero-order chi connectivity index (χ0) is 21.5. The molecule has 0 atom stereocenters. The Hall–Kier alpha value is -2.87. The number of hydrogen-bond acceptors (Lipinski definition) is 5. The normalized spacial score (nSPS) is 17.1. The molecule has 4 N–H and O–H groups in total. The predicted octanol–water partition coefficient (Wildman–Crippen LogP) is 1.56. The van der Waals surface area contributed by atoms with E-state index in [0.717, 1.165) is 30.2 Å². The lowest BCUT2D eigenvalue weighted by molar-refractivity contribution is -0.128. The molecule has 8 nitrogen and oxygen atoms in total. The van der Waals surface area contributed by atoms with Crippen molar-refractivity contribution in [1.29, 1.82) is 0 Å². The van der Waals surface area contributed by atoms with Gasteiger partial charge in [-0.2, -0.15) is 0 Å². The molecule has 0 unspecified atom stereocenters. The molecule has 1 aliphatic carbocycles. The maximum absolute atomic E-state index is 12.3. The van der Waals surface area contributed by atoms with Crippen molar-refractivity contribution in [1.82, 2.24) is 15.5 Å². The molecule has 2 amide bonds. The molecule has 1 fully saturated rings. The van der Waals surface area contributed by atoms with Crippen molar-refractivity contribution in [3.05, 3.63) is 41.1 Å². The number of carbonyl (C=O) groups is 2. The van der Waals surface area contributed by atoms with Gasteiger partial charge in [-0.25, -0.2) is 4.99 Å². The van der Waals surface area contributed by atoms with Crippen LogP contribution in [0.5, 0.6) is 0 Å². The van der Waals surface area contributed by atoms with E-state index in [1.165, 1.54) is 12.8 Å². The van der Waals surface area contributed by atoms with Gasteiger partial charge in [-0.3, -0.25) is 9.59 Å². The predicted molar refractivity (Wildman–Crippen MR) is 117 cm³/mol. The van der Waals surface area contributed by atoms with Crippen molar-refractivity contribution in [3.8, 4) is 0 Å². The smallest absolute Gasteiger partial charge is 0.251 e. The number of nitrogens with one attached hydrogen (secondary N) is 2. The Labute approximate surface area is 177 Å². The number of methoxy groups -OCH3 is 1. The van der Waals surface area contributed by atoms with Crippen molar-refractivity contribution in [3.63, 3.8) is 0 Å². The summed E-state index contributed by atoms with van der Waals surface area (Å²) in [6.45, 7) is 4.51. The molecule has 0 bridgehead atoms. The Bertz CT molecular complexity index is 845. The third-order valence-corrected chi connectivity index (χ3v) is 5.35. The highest BCUT2D eigenvalue weighted by atomic mass is 16.5. The first-order chi connectivity index (χ1) is 14.5. The van der Waals surface area contributed by atoms with E-state index in [0.29, 0.717) is 43.3 Å². The number of ether oxygens (including phenoxy) is 1. The van der Waals surface area contributed by atoms with Gasteiger partial charge < -0.3 is 26.0 Å². The highest BCUT2D eigenvalue weighted by Gasteiger charge is 2.26. The van der Waals surface area contributed by atoms with Crippen LogP contribution in [0, 0.1) is 5.92 Å². The maximum Gasteiger partial charge on any atom is 0.251 e. The zero-order valence-electron chi connectivity index (χ0n) is 17.7. The highest BCUT2D eigenvalue weighted by Crippen LogP contribution is 2.29. The molecule has 1 aromatic rings. The molecule has 3 rings (SSSR count). The second-order valence-corrected chi connectivity index (χ2v) is 7.77. The topological polar surface area (TPSA) is 109 Å². The fraction of sp³-hybridized carbons (Fsp3) is 0.500. The minimum atomic E-state index is -0.186. The van der Waals surface area contributed by atoms with E-state index in [1.54, 1.807) is 37.1 Å². The third-order valence-electron chi connectivity index (χ3n) is 5.35. The van der Waals surface area contributed by atoms with Crippen LogP contribution in [0.1, 0.15) is 36.5 Å². The summed E-state index contributed by atoms with van der Waals surface area (Å²) in [6, 6.07) is 7.03. The second kappa shape index (κ2) is 10.2. The van der Waals surface area contributed by atoms with Gasteiger partial charge in [0.05, 0.1) is 18.8 Å². The van der Waals surface area contributed by atoms with Crippen LogP contribution in [0.15, 0.2) is 40.5 Å². The number of benzene rings is 1. The molecule has 30 heavy (non-hydrogen) atoms. The van der Waals surface area contributed by atoms with Crippen LogP contribution >= 0.6 is 0 Å². The van der Waals surface area contributed by atoms with E-state index in [9.17, 15) is 9.59 Å². The largest absolute Gasteiger partial charge is 0.388 e. The quantitative estimate of drug-likeness (QED) is 0.323. The Kier molecular flexibility index (Phi) is 7.46. The average molecular weight is 414 g/mol. The number of nitrogens with zero attached hydrogens (tertiary/aromatic N) is 2. The lowest BCUT2D eigenvalue weighted by Crippen LogP contribution is -2.41. The first kappa shape index (κ1) is 21.8. The monoisotopic (exact) mass is 413 g/mol. The highest BCUT2D eigenvalue weighted by molar-refractivity contribution is 6.01. The van der Waals surface area contributed by atoms with E-state index in [-0.39, 0.29) is 11.8 Å². The van der Waals surface area contributed by atoms with Gasteiger partial charge in [-0.1, -0.05) is 6.07 Å². The van der Waals surface area contributed by atoms with Crippen molar-refractivity contribution in [2.45, 2.75) is 26.2 Å². The van der Waals surface area contributed by atoms with Crippen LogP contribution in [-0.4, -0.2) is 62.4 Å². The molecule has 162 valence electrons. The molecular formula is C22H31N5O3. The van der Waals surface area contributed by atoms with Gasteiger partial charge in [0, 0.05) is 56.9 Å². The summed E-state index contributed by atoms with van der Waals surface area (Å²) < 4.78 is 4.95. The number of rotatable bonds is 9. The fourth-order valence-electron chi connectivity index (χ4n) is 3.34. The zero-order valence-corrected chi connectivity index (χ0v) is 17.7. The first-order valence-electron chi connectivity index (χ1n) is 10.4. The summed E-state index contributed by atoms with van der Waals surface area (Å²) in [7, 11) is 1.59. The Balaban J connectivity index is 1.78. The Morgan fingerprint density at radius 3 is 2.83 bits per heavy atom. The van der Waals surface area contributed by atoms with E-state index >= 15 is 0 Å². The fourth-order valence-corrected chi connectivity index (χ4v) is 3.34. The molecule has 0 radical (unpaired) electrons. The van der Waals surface area contributed by atoms with Crippen LogP contribution in [0.3, 0.4) is 0 Å². The van der Waals surface area contributed by atoms with E-state index in [1.807, 2.05) is 6.07 Å². The molecule has 0 spiro atoms. The van der Waals surface area contributed by atoms with Gasteiger partial charge in [-0.15, -0.1) is 0 Å². The number of amidine groups is 1. The van der Waals surface area contributed by atoms with Crippen LogP contribution in [0.2, 0.25) is 0 Å². The van der Waals surface area contributed by atoms with Gasteiger partial charge in [0.2, 0.25) is 5.91 Å². The lowest BCUT2D eigenvalue weighted by atomic mass is 10.0. The summed E-state index contributed by atoms with van der Waals surface area (Å²) in [6.07, 6.45) is 3.26. The summed E-state index contributed by atoms with van der Waals surface area (Å²) in [5, 5.41) is 6.32. The SMILES string of the molecule is COCCNC(=O)c1cccc(N=C(N)C2=C(NCC3CC3)CCN(C(C)=O)C2)c1. The molecule has 1 aliphatic heterocycles. The molecule has 1 heterocycles. The molecule has 8 heteroatoms. The summed E-state index contributed by atoms with van der Waals surface area (Å²) in [5.41, 5.74) is 9.40. The van der Waals surface area contributed by atoms with Crippen molar-refractivity contribution < 1.29 is 14.3 Å². The average Bonchev–Trinajstić information content (AvgIpc) is 3.57. The van der Waals surface area contributed by atoms with Crippen molar-refractivity contribution in [2.75, 3.05) is 39.9 Å². The maximum atomic E-state index is 12.3. The molecule has 0 aromatic heterocycles. The summed E-state index contributed by atoms with van der Waals surface area (Å²) in [5.74, 6) is 0.942. The molecule has 1 aromatic carbocycles. The van der Waals surface area contributed by atoms with Crippen LogP contribution in [-0.2, 0) is 9.53 Å². The number of nitrogens with two attached hydrogens (primary N) is 1. The minimum absolute atomic E-state index is 0.0243. The molecule has 0 saturated heterocycles. The van der Waals surface area contributed by atoms with Gasteiger partial charge in [0.1, 0.15) is 5.84 Å². The Morgan fingerprint density at radius 1 is 1.33 bits per heavy atom. The van der Waals surface area contributed by atoms with Crippen LogP contribution in [0.25, 0.3) is 0 Å². The first-order valence-corrected chi connectivity index (χ1v) is 10.4. The van der Waals surface area contributed by atoms with Gasteiger partial charge in [-0.05, 0) is 37.0 Å².